The third-order valence-corrected chi connectivity index (χ3v) is 6.27. The van der Waals surface area contributed by atoms with Gasteiger partial charge in [0.15, 0.2) is 17.3 Å². The van der Waals surface area contributed by atoms with Crippen LogP contribution in [0.4, 0.5) is 11.5 Å². The number of nitrogens with one attached hydrogen (secondary N) is 1. The second-order valence-corrected chi connectivity index (χ2v) is 9.47. The Labute approximate surface area is 187 Å². The lowest BCUT2D eigenvalue weighted by molar-refractivity contribution is -0.141. The Morgan fingerprint density at radius 3 is 2.84 bits per heavy atom. The van der Waals surface area contributed by atoms with Gasteiger partial charge in [0.25, 0.3) is 0 Å². The number of rotatable bonds is 5. The molecular weight excluding hydrogens is 416 g/mol. The predicted octanol–water partition coefficient (Wildman–Crippen LogP) is 5.20. The van der Waals surface area contributed by atoms with Crippen molar-refractivity contribution in [2.75, 3.05) is 18.5 Å². The summed E-state index contributed by atoms with van der Waals surface area (Å²) in [5.74, 6) is 1.16. The number of likely N-dealkylation sites (N-methyl/N-ethyl adjacent to an activating group) is 1. The van der Waals surface area contributed by atoms with Crippen LogP contribution < -0.4 is 14.4 Å². The number of aliphatic imine (C=N–C) groups is 1. The first kappa shape index (κ1) is 21.7. The molecule has 8 heteroatoms. The lowest BCUT2D eigenvalue weighted by atomic mass is 9.73. The molecular formula is C23H29ClN4O3. The van der Waals surface area contributed by atoms with Crippen molar-refractivity contribution in [1.82, 2.24) is 10.2 Å². The molecule has 0 amide bonds. The highest BCUT2D eigenvalue weighted by molar-refractivity contribution is 6.31. The second kappa shape index (κ2) is 7.86. The number of fused-ring (bicyclic) bond motifs is 2. The van der Waals surface area contributed by atoms with E-state index in [1.165, 1.54) is 0 Å². The van der Waals surface area contributed by atoms with E-state index in [0.29, 0.717) is 41.7 Å². The number of carbonyl (C=O) groups is 1. The monoisotopic (exact) mass is 444 g/mol. The zero-order valence-corrected chi connectivity index (χ0v) is 19.5. The molecule has 166 valence electrons. The van der Waals surface area contributed by atoms with Crippen LogP contribution >= 0.6 is 11.6 Å². The molecule has 0 bridgehead atoms. The van der Waals surface area contributed by atoms with E-state index < -0.39 is 11.0 Å². The highest BCUT2D eigenvalue weighted by Gasteiger charge is 2.47. The summed E-state index contributed by atoms with van der Waals surface area (Å²) in [5, 5.41) is 7.57. The van der Waals surface area contributed by atoms with Crippen LogP contribution in [-0.2, 0) is 10.2 Å². The van der Waals surface area contributed by atoms with E-state index in [0.717, 1.165) is 29.8 Å². The zero-order chi connectivity index (χ0) is 22.4. The molecule has 3 heterocycles. The van der Waals surface area contributed by atoms with Gasteiger partial charge in [-0.15, -0.1) is 0 Å². The molecule has 2 aliphatic rings. The Kier molecular flexibility index (Phi) is 5.50. The second-order valence-electron chi connectivity index (χ2n) is 9.03. The van der Waals surface area contributed by atoms with Crippen LogP contribution in [-0.4, -0.2) is 41.1 Å². The molecule has 1 N–H and O–H groups in total. The third kappa shape index (κ3) is 3.80. The molecule has 0 fully saturated rings. The first-order chi connectivity index (χ1) is 14.7. The average molecular weight is 445 g/mol. The number of H-pyrrole nitrogens is 1. The van der Waals surface area contributed by atoms with Gasteiger partial charge < -0.3 is 14.4 Å². The summed E-state index contributed by atoms with van der Waals surface area (Å²) in [5.41, 5.74) is 1.27. The first-order valence-corrected chi connectivity index (χ1v) is 11.1. The largest absolute Gasteiger partial charge is 0.480 e. The number of esters is 1. The van der Waals surface area contributed by atoms with E-state index in [1.807, 2.05) is 33.9 Å². The number of carbonyl (C=O) groups excluding carboxylic acids is 1. The highest BCUT2D eigenvalue weighted by Crippen LogP contribution is 2.48. The van der Waals surface area contributed by atoms with Gasteiger partial charge in [-0.3, -0.25) is 9.89 Å². The van der Waals surface area contributed by atoms with Crippen LogP contribution in [0.5, 0.6) is 11.5 Å². The number of halogens is 1. The van der Waals surface area contributed by atoms with Gasteiger partial charge in [-0.25, -0.2) is 4.99 Å². The van der Waals surface area contributed by atoms with Crippen molar-refractivity contribution in [2.45, 2.75) is 64.4 Å². The molecule has 1 unspecified atom stereocenters. The Balaban J connectivity index is 1.74. The fourth-order valence-corrected chi connectivity index (χ4v) is 4.81. The minimum absolute atomic E-state index is 0.338. The first-order valence-electron chi connectivity index (χ1n) is 10.8. The van der Waals surface area contributed by atoms with Crippen LogP contribution in [0, 0.1) is 0 Å². The van der Waals surface area contributed by atoms with Crippen LogP contribution in [0.25, 0.3) is 0 Å². The number of hydrogen-bond acceptors (Lipinski definition) is 6. The number of hydrogen-bond donors (Lipinski definition) is 1. The van der Waals surface area contributed by atoms with Crippen LogP contribution in [0.3, 0.4) is 0 Å². The normalized spacial score (nSPS) is 21.6. The van der Waals surface area contributed by atoms with Gasteiger partial charge in [-0.05, 0) is 32.8 Å². The topological polar surface area (TPSA) is 79.8 Å². The molecule has 0 saturated heterocycles. The van der Waals surface area contributed by atoms with Crippen molar-refractivity contribution in [3.8, 4) is 11.5 Å². The van der Waals surface area contributed by atoms with Crippen molar-refractivity contribution in [3.05, 3.63) is 28.9 Å². The summed E-state index contributed by atoms with van der Waals surface area (Å²) in [6.07, 6.45) is 4.54. The maximum Gasteiger partial charge on any atom is 0.322 e. The Bertz CT molecular complexity index is 1050. The summed E-state index contributed by atoms with van der Waals surface area (Å²) >= 11 is 6.38. The van der Waals surface area contributed by atoms with E-state index in [9.17, 15) is 4.79 Å². The maximum absolute atomic E-state index is 13.7. The van der Waals surface area contributed by atoms with Gasteiger partial charge in [-0.1, -0.05) is 31.9 Å². The predicted molar refractivity (Wildman–Crippen MR) is 122 cm³/mol. The zero-order valence-electron chi connectivity index (χ0n) is 18.7. The van der Waals surface area contributed by atoms with Gasteiger partial charge in [0.05, 0.1) is 18.4 Å². The molecule has 31 heavy (non-hydrogen) atoms. The van der Waals surface area contributed by atoms with Crippen molar-refractivity contribution in [2.24, 2.45) is 4.99 Å². The number of nitrogens with zero attached hydrogens (tertiary/aromatic N) is 3. The van der Waals surface area contributed by atoms with Gasteiger partial charge in [0.2, 0.25) is 0 Å². The standard InChI is InChI=1S/C23H29ClN4O3/c1-6-8-15-11-23(7-2,16-12-25-27-20(16)26-15)21(29)30-18-10-14(24)9-17-19(18)31-22(3,4)13-28(17)5/h9-10,12H,6-8,11,13H2,1-5H3,(H,25,27). The van der Waals surface area contributed by atoms with Crippen molar-refractivity contribution in [1.29, 1.82) is 0 Å². The maximum atomic E-state index is 13.7. The average Bonchev–Trinajstić information content (AvgIpc) is 3.17. The molecule has 0 spiro atoms. The summed E-state index contributed by atoms with van der Waals surface area (Å²) in [7, 11) is 1.98. The SMILES string of the molecule is CCCC1=Nc2[nH]ncc2C(CC)(C(=O)Oc2cc(Cl)cc3c2OC(C)(C)CN3C)C1. The number of aromatic nitrogens is 2. The van der Waals surface area contributed by atoms with Gasteiger partial charge in [0, 0.05) is 35.8 Å². The molecule has 1 atom stereocenters. The number of anilines is 1. The molecule has 0 saturated carbocycles. The van der Waals surface area contributed by atoms with Gasteiger partial charge >= 0.3 is 5.97 Å². The quantitative estimate of drug-likeness (QED) is 0.506. The summed E-state index contributed by atoms with van der Waals surface area (Å²) < 4.78 is 12.3. The molecule has 1 aromatic heterocycles. The summed E-state index contributed by atoms with van der Waals surface area (Å²) in [6.45, 7) is 8.81. The van der Waals surface area contributed by atoms with Crippen molar-refractivity contribution in [3.63, 3.8) is 0 Å². The minimum atomic E-state index is -0.861. The fourth-order valence-electron chi connectivity index (χ4n) is 4.61. The van der Waals surface area contributed by atoms with Crippen molar-refractivity contribution < 1.29 is 14.3 Å². The van der Waals surface area contributed by atoms with Gasteiger partial charge in [0.1, 0.15) is 11.0 Å². The molecule has 2 aliphatic heterocycles. The molecule has 7 nitrogen and oxygen atoms in total. The molecule has 0 aliphatic carbocycles. The van der Waals surface area contributed by atoms with E-state index in [1.54, 1.807) is 12.3 Å². The van der Waals surface area contributed by atoms with E-state index in [4.69, 9.17) is 21.1 Å². The molecule has 2 aromatic rings. The number of ether oxygens (including phenoxy) is 2. The van der Waals surface area contributed by atoms with E-state index >= 15 is 0 Å². The van der Waals surface area contributed by atoms with Crippen LogP contribution in [0.15, 0.2) is 23.3 Å². The van der Waals surface area contributed by atoms with E-state index in [2.05, 4.69) is 27.0 Å². The van der Waals surface area contributed by atoms with Crippen LogP contribution in [0.2, 0.25) is 5.02 Å². The number of benzene rings is 1. The third-order valence-electron chi connectivity index (χ3n) is 6.05. The highest BCUT2D eigenvalue weighted by atomic mass is 35.5. The molecule has 1 aromatic carbocycles. The van der Waals surface area contributed by atoms with Gasteiger partial charge in [-0.2, -0.15) is 5.10 Å². The van der Waals surface area contributed by atoms with Crippen molar-refractivity contribution >= 4 is 34.8 Å². The molecule has 4 rings (SSSR count). The minimum Gasteiger partial charge on any atom is -0.480 e. The van der Waals surface area contributed by atoms with E-state index in [-0.39, 0.29) is 5.97 Å². The Morgan fingerprint density at radius 2 is 2.13 bits per heavy atom. The summed E-state index contributed by atoms with van der Waals surface area (Å²) in [4.78, 5) is 20.5. The Morgan fingerprint density at radius 1 is 1.35 bits per heavy atom. The summed E-state index contributed by atoms with van der Waals surface area (Å²) in [6, 6.07) is 3.48. The smallest absolute Gasteiger partial charge is 0.322 e. The van der Waals surface area contributed by atoms with Crippen LogP contribution in [0.1, 0.15) is 58.9 Å². The molecule has 0 radical (unpaired) electrons. The number of aromatic amines is 1. The Hall–Kier alpha value is -2.54. The fraction of sp³-hybridized carbons (Fsp3) is 0.522. The lowest BCUT2D eigenvalue weighted by Crippen LogP contribution is -2.45. The lowest BCUT2D eigenvalue weighted by Gasteiger charge is -2.40.